The number of carboxylic acids is 1. The van der Waals surface area contributed by atoms with Crippen LogP contribution in [0, 0.1) is 0 Å². The summed E-state index contributed by atoms with van der Waals surface area (Å²) in [6.07, 6.45) is -0.178. The lowest BCUT2D eigenvalue weighted by Crippen LogP contribution is -2.33. The molecule has 1 aromatic rings. The number of carboxylic acid groups (broad SMARTS) is 1. The van der Waals surface area contributed by atoms with Crippen LogP contribution in [0.1, 0.15) is 15.9 Å². The van der Waals surface area contributed by atoms with E-state index in [9.17, 15) is 9.90 Å². The van der Waals surface area contributed by atoms with E-state index in [1.165, 1.54) is 11.8 Å². The maximum atomic E-state index is 11.1. The maximum Gasteiger partial charge on any atom is 0.335 e. The van der Waals surface area contributed by atoms with Crippen LogP contribution in [0.4, 0.5) is 0 Å². The number of nitrogens with zero attached hydrogens (tertiary/aromatic N) is 1. The van der Waals surface area contributed by atoms with Gasteiger partial charge in [-0.3, -0.25) is 0 Å². The van der Waals surface area contributed by atoms with E-state index in [-0.39, 0.29) is 10.8 Å². The molecule has 1 aliphatic rings. The lowest BCUT2D eigenvalue weighted by molar-refractivity contribution is 0.0688. The highest BCUT2D eigenvalue weighted by molar-refractivity contribution is 8.23. The summed E-state index contributed by atoms with van der Waals surface area (Å²) in [5.41, 5.74) is 1.01. The molecule has 0 saturated carbocycles. The lowest BCUT2D eigenvalue weighted by Gasteiger charge is -2.19. The molecule has 1 aromatic carbocycles. The third-order valence-corrected chi connectivity index (χ3v) is 4.72. The highest BCUT2D eigenvalue weighted by Gasteiger charge is 2.35. The molecule has 2 rings (SSSR count). The first-order valence-electron chi connectivity index (χ1n) is 5.43. The molecule has 18 heavy (non-hydrogen) atoms. The highest BCUT2D eigenvalue weighted by Crippen LogP contribution is 2.32. The molecule has 0 spiro atoms. The molecule has 0 radical (unpaired) electrons. The maximum absolute atomic E-state index is 11.1. The molecule has 0 amide bonds. The fourth-order valence-electron chi connectivity index (χ4n) is 1.90. The van der Waals surface area contributed by atoms with E-state index < -0.39 is 12.2 Å². The number of hydrogen-bond acceptors (Lipinski definition) is 4. The van der Waals surface area contributed by atoms with Crippen LogP contribution in [0.15, 0.2) is 24.3 Å². The Morgan fingerprint density at radius 3 is 2.72 bits per heavy atom. The summed E-state index contributed by atoms with van der Waals surface area (Å²) in [7, 11) is 1.74. The summed E-state index contributed by atoms with van der Waals surface area (Å²) >= 11 is 6.52. The molecule has 1 saturated heterocycles. The lowest BCUT2D eigenvalue weighted by atomic mass is 10.0. The van der Waals surface area contributed by atoms with Crippen molar-refractivity contribution in [1.29, 1.82) is 0 Å². The molecule has 0 aromatic heterocycles. The largest absolute Gasteiger partial charge is 0.478 e. The van der Waals surface area contributed by atoms with Crippen molar-refractivity contribution in [1.82, 2.24) is 4.90 Å². The first kappa shape index (κ1) is 13.3. The van der Waals surface area contributed by atoms with Crippen LogP contribution in [0.3, 0.4) is 0 Å². The minimum absolute atomic E-state index is 0.122. The van der Waals surface area contributed by atoms with Crippen LogP contribution < -0.4 is 0 Å². The zero-order chi connectivity index (χ0) is 13.3. The van der Waals surface area contributed by atoms with Crippen LogP contribution in [-0.4, -0.2) is 43.9 Å². The van der Waals surface area contributed by atoms with Gasteiger partial charge in [-0.05, 0) is 18.1 Å². The smallest absolute Gasteiger partial charge is 0.335 e. The molecule has 6 heteroatoms. The Hall–Kier alpha value is -1.11. The second-order valence-electron chi connectivity index (χ2n) is 4.11. The molecule has 0 bridgehead atoms. The van der Waals surface area contributed by atoms with Gasteiger partial charge in [0.05, 0.1) is 10.8 Å². The van der Waals surface area contributed by atoms with Crippen molar-refractivity contribution in [3.05, 3.63) is 35.4 Å². The fraction of sp³-hybridized carbons (Fsp3) is 0.333. The van der Waals surface area contributed by atoms with Crippen molar-refractivity contribution < 1.29 is 15.0 Å². The van der Waals surface area contributed by atoms with Crippen molar-refractivity contribution in [2.75, 3.05) is 7.05 Å². The molecule has 96 valence electrons. The molecule has 4 nitrogen and oxygen atoms in total. The molecule has 0 unspecified atom stereocenters. The Morgan fingerprint density at radius 1 is 1.50 bits per heavy atom. The number of aliphatic hydroxyl groups excluding tert-OH is 1. The van der Waals surface area contributed by atoms with E-state index in [1.54, 1.807) is 36.2 Å². The Balaban J connectivity index is 2.20. The second kappa shape index (κ2) is 5.26. The standard InChI is InChI=1S/C12H13NO3S2/c1-13-10(14)9(18-12(13)17)6-7-4-2-3-5-8(7)11(15)16/h2-5,9-10,14H,6H2,1H3,(H,15,16)/t9-,10-/m0/s1. The average molecular weight is 283 g/mol. The number of benzene rings is 1. The first-order valence-corrected chi connectivity index (χ1v) is 6.72. The quantitative estimate of drug-likeness (QED) is 0.821. The Bertz CT molecular complexity index is 492. The third kappa shape index (κ3) is 2.50. The van der Waals surface area contributed by atoms with Gasteiger partial charge in [0, 0.05) is 7.05 Å². The Kier molecular flexibility index (Phi) is 3.89. The number of aliphatic hydroxyl groups is 1. The van der Waals surface area contributed by atoms with Gasteiger partial charge in [-0.1, -0.05) is 42.2 Å². The van der Waals surface area contributed by atoms with Gasteiger partial charge in [0.15, 0.2) is 0 Å². The van der Waals surface area contributed by atoms with E-state index in [2.05, 4.69) is 0 Å². The summed E-state index contributed by atoms with van der Waals surface area (Å²) < 4.78 is 0.639. The summed E-state index contributed by atoms with van der Waals surface area (Å²) in [5.74, 6) is -0.945. The fourth-order valence-corrected chi connectivity index (χ4v) is 3.48. The van der Waals surface area contributed by atoms with Gasteiger partial charge in [-0.15, -0.1) is 0 Å². The van der Waals surface area contributed by atoms with Gasteiger partial charge in [0.2, 0.25) is 0 Å². The van der Waals surface area contributed by atoms with Crippen molar-refractivity contribution in [3.63, 3.8) is 0 Å². The number of aromatic carboxylic acids is 1. The van der Waals surface area contributed by atoms with Gasteiger partial charge >= 0.3 is 5.97 Å². The van der Waals surface area contributed by atoms with Crippen LogP contribution >= 0.6 is 24.0 Å². The zero-order valence-corrected chi connectivity index (χ0v) is 11.4. The predicted octanol–water partition coefficient (Wildman–Crippen LogP) is 1.58. The number of thioether (sulfide) groups is 1. The summed E-state index contributed by atoms with van der Waals surface area (Å²) in [6.45, 7) is 0. The van der Waals surface area contributed by atoms with E-state index in [0.29, 0.717) is 10.7 Å². The monoisotopic (exact) mass is 283 g/mol. The van der Waals surface area contributed by atoms with Gasteiger partial charge in [-0.25, -0.2) is 4.79 Å². The van der Waals surface area contributed by atoms with Gasteiger partial charge in [0.1, 0.15) is 10.5 Å². The minimum atomic E-state index is -0.945. The number of rotatable bonds is 3. The van der Waals surface area contributed by atoms with E-state index in [1.807, 2.05) is 0 Å². The van der Waals surface area contributed by atoms with E-state index >= 15 is 0 Å². The summed E-state index contributed by atoms with van der Waals surface area (Å²) in [4.78, 5) is 12.7. The van der Waals surface area contributed by atoms with Gasteiger partial charge in [-0.2, -0.15) is 0 Å². The zero-order valence-electron chi connectivity index (χ0n) is 9.74. The minimum Gasteiger partial charge on any atom is -0.478 e. The van der Waals surface area contributed by atoms with Crippen LogP contribution in [0.25, 0.3) is 0 Å². The van der Waals surface area contributed by atoms with Crippen molar-refractivity contribution >= 4 is 34.3 Å². The van der Waals surface area contributed by atoms with Crippen molar-refractivity contribution in [3.8, 4) is 0 Å². The van der Waals surface area contributed by atoms with Crippen molar-refractivity contribution in [2.24, 2.45) is 0 Å². The molecule has 0 aliphatic carbocycles. The Labute approximate surface area is 115 Å². The summed E-state index contributed by atoms with van der Waals surface area (Å²) in [6, 6.07) is 6.85. The second-order valence-corrected chi connectivity index (χ2v) is 5.99. The predicted molar refractivity (Wildman–Crippen MR) is 74.9 cm³/mol. The molecule has 2 atom stereocenters. The van der Waals surface area contributed by atoms with E-state index in [0.717, 1.165) is 5.56 Å². The van der Waals surface area contributed by atoms with Crippen LogP contribution in [0.5, 0.6) is 0 Å². The van der Waals surface area contributed by atoms with Crippen molar-refractivity contribution in [2.45, 2.75) is 17.9 Å². The normalized spacial score (nSPS) is 23.4. The molecule has 1 fully saturated rings. The molecule has 2 N–H and O–H groups in total. The molecule has 1 aliphatic heterocycles. The van der Waals surface area contributed by atoms with Gasteiger partial charge in [0.25, 0.3) is 0 Å². The SMILES string of the molecule is CN1C(=S)S[C@@H](Cc2ccccc2C(=O)O)[C@@H]1O. The van der Waals surface area contributed by atoms with Crippen LogP contribution in [0.2, 0.25) is 0 Å². The molecular formula is C12H13NO3S2. The third-order valence-electron chi connectivity index (χ3n) is 2.94. The van der Waals surface area contributed by atoms with Gasteiger partial charge < -0.3 is 15.1 Å². The van der Waals surface area contributed by atoms with Crippen LogP contribution in [-0.2, 0) is 6.42 Å². The number of thiocarbonyl (C=S) groups is 1. The number of carbonyl (C=O) groups is 1. The topological polar surface area (TPSA) is 60.8 Å². The highest BCUT2D eigenvalue weighted by atomic mass is 32.2. The number of hydrogen-bond donors (Lipinski definition) is 2. The molecule has 1 heterocycles. The molecular weight excluding hydrogens is 270 g/mol. The first-order chi connectivity index (χ1) is 8.50. The Morgan fingerprint density at radius 2 is 2.17 bits per heavy atom. The average Bonchev–Trinajstić information content (AvgIpc) is 2.57. The van der Waals surface area contributed by atoms with E-state index in [4.69, 9.17) is 17.3 Å². The summed E-state index contributed by atoms with van der Waals surface area (Å²) in [5, 5.41) is 19.0.